The van der Waals surface area contributed by atoms with Gasteiger partial charge in [0.15, 0.2) is 0 Å². The van der Waals surface area contributed by atoms with Crippen LogP contribution >= 0.6 is 0 Å². The normalized spacial score (nSPS) is 15.4. The van der Waals surface area contributed by atoms with E-state index in [-0.39, 0.29) is 19.1 Å². The Kier molecular flexibility index (Phi) is 6.25. The zero-order chi connectivity index (χ0) is 11.8. The van der Waals surface area contributed by atoms with Crippen LogP contribution in [0.3, 0.4) is 0 Å². The summed E-state index contributed by atoms with van der Waals surface area (Å²) in [6.07, 6.45) is -0.0218. The summed E-state index contributed by atoms with van der Waals surface area (Å²) in [5.41, 5.74) is 0. The Morgan fingerprint density at radius 3 is 2.81 bits per heavy atom. The molecular weight excluding hydrogens is 218 g/mol. The van der Waals surface area contributed by atoms with Crippen molar-refractivity contribution in [2.75, 3.05) is 32.8 Å². The Morgan fingerprint density at radius 1 is 1.44 bits per heavy atom. The molecule has 1 saturated carbocycles. The second-order valence-corrected chi connectivity index (χ2v) is 3.89. The van der Waals surface area contributed by atoms with Gasteiger partial charge in [-0.3, -0.25) is 4.79 Å². The fraction of sp³-hybridized carbons (Fsp3) is 0.900. The van der Waals surface area contributed by atoms with Crippen LogP contribution in [0.1, 0.15) is 12.8 Å². The van der Waals surface area contributed by atoms with Gasteiger partial charge in [-0.05, 0) is 18.8 Å². The number of carbonyl (C=O) groups is 1. The van der Waals surface area contributed by atoms with E-state index in [1.54, 1.807) is 0 Å². The third-order valence-corrected chi connectivity index (χ3v) is 2.24. The van der Waals surface area contributed by atoms with Crippen molar-refractivity contribution in [1.82, 2.24) is 10.6 Å². The van der Waals surface area contributed by atoms with Gasteiger partial charge in [-0.15, -0.1) is 0 Å². The van der Waals surface area contributed by atoms with Gasteiger partial charge >= 0.3 is 0 Å². The quantitative estimate of drug-likeness (QED) is 0.569. The van der Waals surface area contributed by atoms with E-state index in [1.165, 1.54) is 12.8 Å². The molecule has 1 aliphatic rings. The van der Waals surface area contributed by atoms with E-state index in [0.29, 0.717) is 12.5 Å². The van der Waals surface area contributed by atoms with Crippen molar-refractivity contribution in [3.63, 3.8) is 0 Å². The molecule has 1 fully saturated rings. The Balaban J connectivity index is 1.80. The Morgan fingerprint density at radius 2 is 2.19 bits per heavy atom. The summed E-state index contributed by atoms with van der Waals surface area (Å²) < 4.78 is 27.9. The van der Waals surface area contributed by atoms with E-state index in [9.17, 15) is 13.6 Å². The number of hydrogen-bond acceptors (Lipinski definition) is 3. The van der Waals surface area contributed by atoms with Crippen molar-refractivity contribution in [3.05, 3.63) is 0 Å². The fourth-order valence-electron chi connectivity index (χ4n) is 1.16. The molecule has 0 radical (unpaired) electrons. The van der Waals surface area contributed by atoms with E-state index < -0.39 is 13.0 Å². The van der Waals surface area contributed by atoms with Gasteiger partial charge in [0.05, 0.1) is 13.2 Å². The van der Waals surface area contributed by atoms with E-state index in [0.717, 1.165) is 6.54 Å². The fourth-order valence-corrected chi connectivity index (χ4v) is 1.16. The van der Waals surface area contributed by atoms with Crippen LogP contribution in [0.5, 0.6) is 0 Å². The molecule has 0 aromatic heterocycles. The molecule has 1 rings (SSSR count). The smallest absolute Gasteiger partial charge is 0.261 e. The molecule has 0 aromatic rings. The first kappa shape index (κ1) is 13.3. The van der Waals surface area contributed by atoms with Gasteiger partial charge in [0.2, 0.25) is 5.91 Å². The molecule has 1 amide bonds. The lowest BCUT2D eigenvalue weighted by molar-refractivity contribution is -0.120. The summed E-state index contributed by atoms with van der Waals surface area (Å²) in [5, 5.41) is 5.61. The maximum atomic E-state index is 11.6. The van der Waals surface area contributed by atoms with Crippen LogP contribution in [-0.2, 0) is 9.53 Å². The SMILES string of the molecule is O=C(CNCCOCC(F)F)NCC1CC1. The van der Waals surface area contributed by atoms with Gasteiger partial charge < -0.3 is 15.4 Å². The van der Waals surface area contributed by atoms with Crippen LogP contribution in [0.15, 0.2) is 0 Å². The largest absolute Gasteiger partial charge is 0.374 e. The molecule has 0 unspecified atom stereocenters. The molecule has 6 heteroatoms. The van der Waals surface area contributed by atoms with Crippen LogP contribution in [0, 0.1) is 5.92 Å². The van der Waals surface area contributed by atoms with Gasteiger partial charge in [-0.1, -0.05) is 0 Å². The highest BCUT2D eigenvalue weighted by Gasteiger charge is 2.21. The van der Waals surface area contributed by atoms with Crippen molar-refractivity contribution in [2.45, 2.75) is 19.3 Å². The lowest BCUT2D eigenvalue weighted by Gasteiger charge is -2.06. The van der Waals surface area contributed by atoms with Crippen LogP contribution in [0.2, 0.25) is 0 Å². The predicted molar refractivity (Wildman–Crippen MR) is 55.4 cm³/mol. The number of halogens is 2. The molecule has 4 nitrogen and oxygen atoms in total. The minimum Gasteiger partial charge on any atom is -0.374 e. The highest BCUT2D eigenvalue weighted by atomic mass is 19.3. The number of hydrogen-bond donors (Lipinski definition) is 2. The van der Waals surface area contributed by atoms with Crippen molar-refractivity contribution < 1.29 is 18.3 Å². The molecule has 2 N–H and O–H groups in total. The summed E-state index contributed by atoms with van der Waals surface area (Å²) in [4.78, 5) is 11.2. The zero-order valence-electron chi connectivity index (χ0n) is 9.18. The van der Waals surface area contributed by atoms with Crippen molar-refractivity contribution in [1.29, 1.82) is 0 Å². The highest BCUT2D eigenvalue weighted by molar-refractivity contribution is 5.77. The Labute approximate surface area is 93.7 Å². The van der Waals surface area contributed by atoms with E-state index in [1.807, 2.05) is 0 Å². The second kappa shape index (κ2) is 7.51. The zero-order valence-corrected chi connectivity index (χ0v) is 9.18. The molecular formula is C10H18F2N2O2. The van der Waals surface area contributed by atoms with Gasteiger partial charge in [0.25, 0.3) is 6.43 Å². The first-order valence-electron chi connectivity index (χ1n) is 5.52. The van der Waals surface area contributed by atoms with Crippen LogP contribution in [0.25, 0.3) is 0 Å². The van der Waals surface area contributed by atoms with E-state index in [4.69, 9.17) is 0 Å². The monoisotopic (exact) mass is 236 g/mol. The first-order chi connectivity index (χ1) is 7.68. The Hall–Kier alpha value is -0.750. The molecule has 0 bridgehead atoms. The minimum atomic E-state index is -2.43. The van der Waals surface area contributed by atoms with Crippen LogP contribution in [-0.4, -0.2) is 45.2 Å². The lowest BCUT2D eigenvalue weighted by Crippen LogP contribution is -2.36. The summed E-state index contributed by atoms with van der Waals surface area (Å²) in [6, 6.07) is 0. The average molecular weight is 236 g/mol. The number of rotatable bonds is 9. The molecule has 0 saturated heterocycles. The standard InChI is InChI=1S/C10H18F2N2O2/c11-9(12)7-16-4-3-13-6-10(15)14-5-8-1-2-8/h8-9,13H,1-7H2,(H,14,15). The minimum absolute atomic E-state index is 0.0549. The number of ether oxygens (including phenoxy) is 1. The van der Waals surface area contributed by atoms with Crippen LogP contribution in [0.4, 0.5) is 8.78 Å². The molecule has 16 heavy (non-hydrogen) atoms. The molecule has 0 aromatic carbocycles. The third kappa shape index (κ3) is 7.53. The molecule has 0 atom stereocenters. The lowest BCUT2D eigenvalue weighted by atomic mass is 10.4. The Bertz CT molecular complexity index is 211. The summed E-state index contributed by atoms with van der Waals surface area (Å²) >= 11 is 0. The highest BCUT2D eigenvalue weighted by Crippen LogP contribution is 2.27. The molecule has 0 heterocycles. The summed E-state index contributed by atoms with van der Waals surface area (Å²) in [6.45, 7) is 1.02. The van der Waals surface area contributed by atoms with Crippen molar-refractivity contribution >= 4 is 5.91 Å². The topological polar surface area (TPSA) is 50.4 Å². The molecule has 0 aliphatic heterocycles. The number of nitrogens with one attached hydrogen (secondary N) is 2. The van der Waals surface area contributed by atoms with Gasteiger partial charge in [-0.25, -0.2) is 8.78 Å². The van der Waals surface area contributed by atoms with Gasteiger partial charge in [0.1, 0.15) is 6.61 Å². The second-order valence-electron chi connectivity index (χ2n) is 3.89. The predicted octanol–water partition coefficient (Wildman–Crippen LogP) is 0.384. The third-order valence-electron chi connectivity index (χ3n) is 2.24. The maximum Gasteiger partial charge on any atom is 0.261 e. The van der Waals surface area contributed by atoms with Gasteiger partial charge in [-0.2, -0.15) is 0 Å². The molecule has 0 spiro atoms. The van der Waals surface area contributed by atoms with Crippen molar-refractivity contribution in [2.24, 2.45) is 5.92 Å². The first-order valence-corrected chi connectivity index (χ1v) is 5.52. The van der Waals surface area contributed by atoms with Crippen molar-refractivity contribution in [3.8, 4) is 0 Å². The molecule has 94 valence electrons. The molecule has 1 aliphatic carbocycles. The van der Waals surface area contributed by atoms with E-state index >= 15 is 0 Å². The van der Waals surface area contributed by atoms with E-state index in [2.05, 4.69) is 15.4 Å². The van der Waals surface area contributed by atoms with Gasteiger partial charge in [0, 0.05) is 13.1 Å². The number of carbonyl (C=O) groups excluding carboxylic acids is 1. The number of amides is 1. The summed E-state index contributed by atoms with van der Waals surface area (Å²) in [5.74, 6) is 0.610. The number of alkyl halides is 2. The van der Waals surface area contributed by atoms with Crippen LogP contribution < -0.4 is 10.6 Å². The maximum absolute atomic E-state index is 11.6. The average Bonchev–Trinajstić information content (AvgIpc) is 3.03. The summed E-state index contributed by atoms with van der Waals surface area (Å²) in [7, 11) is 0.